The Balaban J connectivity index is 1.84. The average molecular weight is 215 g/mol. The van der Waals surface area contributed by atoms with E-state index < -0.39 is 0 Å². The molecule has 0 aliphatic carbocycles. The molecule has 1 atom stereocenters. The van der Waals surface area contributed by atoms with Gasteiger partial charge in [0.1, 0.15) is 0 Å². The Morgan fingerprint density at radius 2 is 2.53 bits per heavy atom. The average Bonchev–Trinajstić information content (AvgIpc) is 2.75. The van der Waals surface area contributed by atoms with Crippen molar-refractivity contribution in [2.24, 2.45) is 16.6 Å². The van der Waals surface area contributed by atoms with E-state index in [1.54, 1.807) is 7.05 Å². The van der Waals surface area contributed by atoms with Gasteiger partial charge in [0, 0.05) is 32.7 Å². The summed E-state index contributed by atoms with van der Waals surface area (Å²) < 4.78 is 10.8. The minimum atomic E-state index is 0.485. The van der Waals surface area contributed by atoms with E-state index in [2.05, 4.69) is 10.3 Å². The third kappa shape index (κ3) is 5.59. The van der Waals surface area contributed by atoms with Crippen LogP contribution in [0.5, 0.6) is 0 Å². The minimum Gasteiger partial charge on any atom is -0.381 e. The summed E-state index contributed by atoms with van der Waals surface area (Å²) in [6, 6.07) is 0. The molecule has 0 spiro atoms. The number of nitrogens with two attached hydrogens (primary N) is 1. The molecule has 1 rings (SSSR count). The number of nitrogens with zero attached hydrogens (tertiary/aromatic N) is 1. The van der Waals surface area contributed by atoms with Gasteiger partial charge in [0.25, 0.3) is 0 Å². The fourth-order valence-electron chi connectivity index (χ4n) is 1.43. The van der Waals surface area contributed by atoms with Crippen molar-refractivity contribution >= 4 is 5.96 Å². The van der Waals surface area contributed by atoms with Crippen molar-refractivity contribution < 1.29 is 9.47 Å². The number of nitrogens with one attached hydrogen (secondary N) is 1. The highest BCUT2D eigenvalue weighted by Crippen LogP contribution is 2.11. The minimum absolute atomic E-state index is 0.485. The van der Waals surface area contributed by atoms with E-state index in [1.807, 2.05) is 0 Å². The van der Waals surface area contributed by atoms with Gasteiger partial charge < -0.3 is 20.5 Å². The van der Waals surface area contributed by atoms with E-state index >= 15 is 0 Å². The maximum atomic E-state index is 5.53. The quantitative estimate of drug-likeness (QED) is 0.371. The summed E-state index contributed by atoms with van der Waals surface area (Å²) in [5, 5.41) is 2.98. The van der Waals surface area contributed by atoms with Crippen LogP contribution in [0.2, 0.25) is 0 Å². The lowest BCUT2D eigenvalue weighted by Gasteiger charge is -2.09. The molecule has 0 aromatic rings. The van der Waals surface area contributed by atoms with E-state index in [9.17, 15) is 0 Å². The predicted octanol–water partition coefficient (Wildman–Crippen LogP) is -0.0363. The lowest BCUT2D eigenvalue weighted by molar-refractivity contribution is 0.0888. The van der Waals surface area contributed by atoms with Crippen LogP contribution in [0.3, 0.4) is 0 Å². The molecule has 0 amide bonds. The van der Waals surface area contributed by atoms with Gasteiger partial charge in [0.2, 0.25) is 0 Å². The largest absolute Gasteiger partial charge is 0.381 e. The Bertz CT molecular complexity index is 191. The number of guanidine groups is 1. The van der Waals surface area contributed by atoms with E-state index in [1.165, 1.54) is 0 Å². The summed E-state index contributed by atoms with van der Waals surface area (Å²) >= 11 is 0. The third-order valence-corrected chi connectivity index (χ3v) is 2.39. The molecule has 1 aliphatic heterocycles. The van der Waals surface area contributed by atoms with Gasteiger partial charge >= 0.3 is 0 Å². The van der Waals surface area contributed by atoms with Crippen LogP contribution in [0.4, 0.5) is 0 Å². The van der Waals surface area contributed by atoms with E-state index in [-0.39, 0.29) is 0 Å². The highest BCUT2D eigenvalue weighted by atomic mass is 16.5. The van der Waals surface area contributed by atoms with Crippen LogP contribution in [-0.4, -0.2) is 46.0 Å². The van der Waals surface area contributed by atoms with Crippen molar-refractivity contribution in [3.63, 3.8) is 0 Å². The Morgan fingerprint density at radius 1 is 1.67 bits per heavy atom. The van der Waals surface area contributed by atoms with Crippen molar-refractivity contribution in [1.29, 1.82) is 0 Å². The second kappa shape index (κ2) is 7.48. The van der Waals surface area contributed by atoms with Gasteiger partial charge in [-0.3, -0.25) is 4.99 Å². The number of ether oxygens (including phenoxy) is 2. The zero-order valence-electron chi connectivity index (χ0n) is 9.37. The second-order valence-electron chi connectivity index (χ2n) is 3.69. The van der Waals surface area contributed by atoms with Crippen LogP contribution < -0.4 is 11.1 Å². The molecule has 1 saturated heterocycles. The zero-order chi connectivity index (χ0) is 10.9. The van der Waals surface area contributed by atoms with Crippen molar-refractivity contribution in [3.05, 3.63) is 0 Å². The van der Waals surface area contributed by atoms with Crippen LogP contribution >= 0.6 is 0 Å². The predicted molar refractivity (Wildman–Crippen MR) is 59.9 cm³/mol. The Hall–Kier alpha value is -0.810. The summed E-state index contributed by atoms with van der Waals surface area (Å²) in [5.74, 6) is 1.08. The maximum absolute atomic E-state index is 5.53. The van der Waals surface area contributed by atoms with E-state index in [4.69, 9.17) is 15.2 Å². The summed E-state index contributed by atoms with van der Waals surface area (Å²) in [6.07, 6.45) is 2.08. The van der Waals surface area contributed by atoms with Crippen LogP contribution in [-0.2, 0) is 9.47 Å². The highest BCUT2D eigenvalue weighted by molar-refractivity contribution is 5.77. The van der Waals surface area contributed by atoms with Gasteiger partial charge in [-0.1, -0.05) is 0 Å². The van der Waals surface area contributed by atoms with Crippen LogP contribution in [0, 0.1) is 5.92 Å². The first kappa shape index (κ1) is 12.3. The van der Waals surface area contributed by atoms with Crippen LogP contribution in [0.25, 0.3) is 0 Å². The fourth-order valence-corrected chi connectivity index (χ4v) is 1.43. The number of hydrogen-bond acceptors (Lipinski definition) is 3. The van der Waals surface area contributed by atoms with Crippen molar-refractivity contribution in [1.82, 2.24) is 5.32 Å². The molecule has 0 bridgehead atoms. The zero-order valence-corrected chi connectivity index (χ0v) is 9.37. The molecule has 1 unspecified atom stereocenters. The van der Waals surface area contributed by atoms with E-state index in [0.29, 0.717) is 11.9 Å². The maximum Gasteiger partial charge on any atom is 0.188 e. The molecule has 0 radical (unpaired) electrons. The molecule has 1 aliphatic rings. The molecular formula is C10H21N3O2. The molecule has 88 valence electrons. The SMILES string of the molecule is CN=C(N)NCCCOCC1CCOC1. The molecule has 5 nitrogen and oxygen atoms in total. The molecule has 5 heteroatoms. The fraction of sp³-hybridized carbons (Fsp3) is 0.900. The molecule has 0 saturated carbocycles. The Labute approximate surface area is 91.0 Å². The van der Waals surface area contributed by atoms with Gasteiger partial charge in [0.15, 0.2) is 5.96 Å². The van der Waals surface area contributed by atoms with E-state index in [0.717, 1.165) is 45.8 Å². The topological polar surface area (TPSA) is 68.9 Å². The van der Waals surface area contributed by atoms with Crippen LogP contribution in [0.15, 0.2) is 4.99 Å². The first-order valence-electron chi connectivity index (χ1n) is 5.44. The molecule has 0 aromatic carbocycles. The summed E-state index contributed by atoms with van der Waals surface area (Å²) in [4.78, 5) is 3.80. The van der Waals surface area contributed by atoms with Crippen molar-refractivity contribution in [2.45, 2.75) is 12.8 Å². The first-order valence-corrected chi connectivity index (χ1v) is 5.44. The smallest absolute Gasteiger partial charge is 0.188 e. The number of aliphatic imine (C=N–C) groups is 1. The van der Waals surface area contributed by atoms with Gasteiger partial charge in [-0.2, -0.15) is 0 Å². The highest BCUT2D eigenvalue weighted by Gasteiger charge is 2.14. The van der Waals surface area contributed by atoms with Gasteiger partial charge in [0.05, 0.1) is 13.2 Å². The molecule has 0 aromatic heterocycles. The molecule has 1 heterocycles. The monoisotopic (exact) mass is 215 g/mol. The summed E-state index contributed by atoms with van der Waals surface area (Å²) in [7, 11) is 1.67. The first-order chi connectivity index (χ1) is 7.33. The Kier molecular flexibility index (Phi) is 6.11. The number of hydrogen-bond donors (Lipinski definition) is 2. The summed E-state index contributed by atoms with van der Waals surface area (Å²) in [5.41, 5.74) is 5.47. The van der Waals surface area contributed by atoms with Crippen molar-refractivity contribution in [2.75, 3.05) is 40.0 Å². The molecule has 15 heavy (non-hydrogen) atoms. The molecular weight excluding hydrogens is 194 g/mol. The normalized spacial score (nSPS) is 21.9. The van der Waals surface area contributed by atoms with Gasteiger partial charge in [-0.05, 0) is 12.8 Å². The van der Waals surface area contributed by atoms with Crippen LogP contribution in [0.1, 0.15) is 12.8 Å². The second-order valence-corrected chi connectivity index (χ2v) is 3.69. The lowest BCUT2D eigenvalue weighted by Crippen LogP contribution is -2.32. The van der Waals surface area contributed by atoms with Gasteiger partial charge in [-0.25, -0.2) is 0 Å². The molecule has 3 N–H and O–H groups in total. The molecule has 1 fully saturated rings. The number of rotatable bonds is 6. The van der Waals surface area contributed by atoms with Gasteiger partial charge in [-0.15, -0.1) is 0 Å². The lowest BCUT2D eigenvalue weighted by atomic mass is 10.1. The third-order valence-electron chi connectivity index (χ3n) is 2.39. The Morgan fingerprint density at radius 3 is 3.20 bits per heavy atom. The standard InChI is InChI=1S/C10H21N3O2/c1-12-10(11)13-4-2-5-14-7-9-3-6-15-8-9/h9H,2-8H2,1H3,(H3,11,12,13). The summed E-state index contributed by atoms with van der Waals surface area (Å²) in [6.45, 7) is 4.13. The van der Waals surface area contributed by atoms with Crippen molar-refractivity contribution in [3.8, 4) is 0 Å².